The van der Waals surface area contributed by atoms with E-state index in [1.165, 1.54) is 0 Å². The molecule has 0 radical (unpaired) electrons. The van der Waals surface area contributed by atoms with Crippen molar-refractivity contribution >= 4 is 29.2 Å². The third-order valence-corrected chi connectivity index (χ3v) is 7.27. The molecule has 3 amide bonds. The van der Waals surface area contributed by atoms with E-state index in [0.717, 1.165) is 51.1 Å². The number of anilines is 1. The average Bonchev–Trinajstić information content (AvgIpc) is 3.24. The molecule has 8 heteroatoms. The first-order chi connectivity index (χ1) is 14.0. The Kier molecular flexibility index (Phi) is 5.73. The highest BCUT2D eigenvalue weighted by Gasteiger charge is 2.63. The van der Waals surface area contributed by atoms with Crippen molar-refractivity contribution in [2.24, 2.45) is 10.8 Å². The van der Waals surface area contributed by atoms with Gasteiger partial charge in [-0.15, -0.1) is 0 Å². The number of nitrogens with one attached hydrogen (secondary N) is 2. The number of fused-ring (bicyclic) bond motifs is 1. The number of carbonyl (C=O) groups excluding carboxylic acids is 2. The van der Waals surface area contributed by atoms with Crippen LogP contribution in [-0.4, -0.2) is 74.7 Å². The second kappa shape index (κ2) is 8.13. The maximum atomic E-state index is 12.9. The lowest BCUT2D eigenvalue weighted by molar-refractivity contribution is -0.133. The number of nitrogens with zero attached hydrogens (tertiary/aromatic N) is 2. The Morgan fingerprint density at radius 3 is 2.55 bits per heavy atom. The van der Waals surface area contributed by atoms with Crippen LogP contribution in [0.4, 0.5) is 10.5 Å². The van der Waals surface area contributed by atoms with Gasteiger partial charge < -0.3 is 20.3 Å². The van der Waals surface area contributed by atoms with Crippen LogP contribution in [0.5, 0.6) is 0 Å². The number of urea groups is 1. The van der Waals surface area contributed by atoms with E-state index in [0.29, 0.717) is 24.7 Å². The van der Waals surface area contributed by atoms with Crippen LogP contribution in [0.2, 0.25) is 5.02 Å². The van der Waals surface area contributed by atoms with Crippen molar-refractivity contribution in [2.75, 3.05) is 58.3 Å². The van der Waals surface area contributed by atoms with Crippen molar-refractivity contribution in [1.82, 2.24) is 15.1 Å². The van der Waals surface area contributed by atoms with Crippen LogP contribution in [-0.2, 0) is 9.53 Å². The third-order valence-electron chi connectivity index (χ3n) is 7.02. The lowest BCUT2D eigenvalue weighted by Gasteiger charge is -2.46. The van der Waals surface area contributed by atoms with E-state index >= 15 is 0 Å². The Bertz CT molecular complexity index is 764. The molecule has 0 saturated carbocycles. The molecule has 0 aliphatic carbocycles. The Hall–Kier alpha value is -1.83. The number of amides is 3. The molecule has 3 fully saturated rings. The van der Waals surface area contributed by atoms with E-state index in [1.807, 2.05) is 4.90 Å². The molecular formula is C21H29ClN4O3. The highest BCUT2D eigenvalue weighted by Crippen LogP contribution is 2.56. The summed E-state index contributed by atoms with van der Waals surface area (Å²) in [6, 6.07) is 7.03. The SMILES string of the molecule is COCCN1CC2(CCN(C(=O)Nc3ccc(Cl)cc3)CC2)C2(CCNC2=O)C1. The summed E-state index contributed by atoms with van der Waals surface area (Å²) in [7, 11) is 1.71. The molecule has 3 aliphatic heterocycles. The molecule has 1 aromatic rings. The standard InChI is InChI=1S/C21H29ClN4O3/c1-29-13-12-25-14-20(21(15-25)6-9-23-18(21)27)7-10-26(11-8-20)19(28)24-17-4-2-16(22)3-5-17/h2-5H,6-15H2,1H3,(H,23,27)(H,24,28). The minimum Gasteiger partial charge on any atom is -0.383 e. The molecule has 0 aromatic heterocycles. The van der Waals surface area contributed by atoms with E-state index in [4.69, 9.17) is 16.3 Å². The molecule has 1 unspecified atom stereocenters. The molecule has 3 heterocycles. The number of piperidine rings is 1. The number of hydrogen-bond donors (Lipinski definition) is 2. The van der Waals surface area contributed by atoms with Crippen LogP contribution >= 0.6 is 11.6 Å². The van der Waals surface area contributed by atoms with Gasteiger partial charge in [-0.05, 0) is 43.5 Å². The van der Waals surface area contributed by atoms with Crippen molar-refractivity contribution in [2.45, 2.75) is 19.3 Å². The molecule has 2 spiro atoms. The first-order valence-corrected chi connectivity index (χ1v) is 10.7. The number of halogens is 1. The van der Waals surface area contributed by atoms with Gasteiger partial charge in [0, 0.05) is 62.5 Å². The Morgan fingerprint density at radius 2 is 1.93 bits per heavy atom. The number of hydrogen-bond acceptors (Lipinski definition) is 4. The summed E-state index contributed by atoms with van der Waals surface area (Å²) < 4.78 is 5.26. The summed E-state index contributed by atoms with van der Waals surface area (Å²) in [6.45, 7) is 5.27. The molecule has 0 bridgehead atoms. The zero-order valence-electron chi connectivity index (χ0n) is 16.9. The fourth-order valence-electron chi connectivity index (χ4n) is 5.40. The molecule has 7 nitrogen and oxygen atoms in total. The molecule has 4 rings (SSSR count). The number of ether oxygens (including phenoxy) is 1. The Balaban J connectivity index is 1.44. The van der Waals surface area contributed by atoms with Gasteiger partial charge in [-0.3, -0.25) is 9.69 Å². The van der Waals surface area contributed by atoms with Crippen LogP contribution < -0.4 is 10.6 Å². The van der Waals surface area contributed by atoms with Gasteiger partial charge >= 0.3 is 6.03 Å². The van der Waals surface area contributed by atoms with E-state index < -0.39 is 0 Å². The maximum Gasteiger partial charge on any atom is 0.321 e. The summed E-state index contributed by atoms with van der Waals surface area (Å²) in [6.07, 6.45) is 2.57. The summed E-state index contributed by atoms with van der Waals surface area (Å²) >= 11 is 5.91. The van der Waals surface area contributed by atoms with Crippen molar-refractivity contribution < 1.29 is 14.3 Å². The van der Waals surface area contributed by atoms with E-state index in [2.05, 4.69) is 15.5 Å². The summed E-state index contributed by atoms with van der Waals surface area (Å²) in [4.78, 5) is 29.8. The number of likely N-dealkylation sites (tertiary alicyclic amines) is 2. The first-order valence-electron chi connectivity index (χ1n) is 10.3. The predicted octanol–water partition coefficient (Wildman–Crippen LogP) is 2.42. The highest BCUT2D eigenvalue weighted by atomic mass is 35.5. The Labute approximate surface area is 176 Å². The normalized spacial score (nSPS) is 26.3. The highest BCUT2D eigenvalue weighted by molar-refractivity contribution is 6.30. The van der Waals surface area contributed by atoms with Gasteiger partial charge in [0.1, 0.15) is 0 Å². The number of methoxy groups -OCH3 is 1. The smallest absolute Gasteiger partial charge is 0.321 e. The molecule has 1 aromatic carbocycles. The van der Waals surface area contributed by atoms with Gasteiger partial charge in [0.2, 0.25) is 5.91 Å². The van der Waals surface area contributed by atoms with Gasteiger partial charge in [-0.25, -0.2) is 4.79 Å². The Morgan fingerprint density at radius 1 is 1.21 bits per heavy atom. The van der Waals surface area contributed by atoms with Gasteiger partial charge in [0.15, 0.2) is 0 Å². The zero-order chi connectivity index (χ0) is 20.5. The molecule has 158 valence electrons. The van der Waals surface area contributed by atoms with Crippen LogP contribution in [0, 0.1) is 10.8 Å². The zero-order valence-corrected chi connectivity index (χ0v) is 17.6. The van der Waals surface area contributed by atoms with Crippen molar-refractivity contribution in [3.05, 3.63) is 29.3 Å². The van der Waals surface area contributed by atoms with E-state index in [9.17, 15) is 9.59 Å². The van der Waals surface area contributed by atoms with Crippen molar-refractivity contribution in [3.63, 3.8) is 0 Å². The van der Waals surface area contributed by atoms with Gasteiger partial charge in [-0.1, -0.05) is 11.6 Å². The minimum atomic E-state index is -0.334. The minimum absolute atomic E-state index is 0.0711. The van der Waals surface area contributed by atoms with Gasteiger partial charge in [0.05, 0.1) is 12.0 Å². The van der Waals surface area contributed by atoms with Crippen LogP contribution in [0.3, 0.4) is 0 Å². The lowest BCUT2D eigenvalue weighted by Crippen LogP contribution is -2.53. The molecular weight excluding hydrogens is 392 g/mol. The monoisotopic (exact) mass is 420 g/mol. The van der Waals surface area contributed by atoms with Crippen molar-refractivity contribution in [1.29, 1.82) is 0 Å². The van der Waals surface area contributed by atoms with Crippen molar-refractivity contribution in [3.8, 4) is 0 Å². The van der Waals surface area contributed by atoms with E-state index in [1.54, 1.807) is 31.4 Å². The van der Waals surface area contributed by atoms with Gasteiger partial charge in [0.25, 0.3) is 0 Å². The van der Waals surface area contributed by atoms with Crippen LogP contribution in [0.15, 0.2) is 24.3 Å². The number of carbonyl (C=O) groups is 2. The molecule has 2 N–H and O–H groups in total. The molecule has 29 heavy (non-hydrogen) atoms. The second-order valence-electron chi connectivity index (χ2n) is 8.50. The fraction of sp³-hybridized carbons (Fsp3) is 0.619. The quantitative estimate of drug-likeness (QED) is 0.784. The topological polar surface area (TPSA) is 73.9 Å². The summed E-state index contributed by atoms with van der Waals surface area (Å²) in [5.41, 5.74) is 0.329. The van der Waals surface area contributed by atoms with Crippen LogP contribution in [0.1, 0.15) is 19.3 Å². The molecule has 3 aliphatic rings. The van der Waals surface area contributed by atoms with Crippen LogP contribution in [0.25, 0.3) is 0 Å². The summed E-state index contributed by atoms with van der Waals surface area (Å²) in [5.74, 6) is 0.191. The largest absolute Gasteiger partial charge is 0.383 e. The number of benzene rings is 1. The van der Waals surface area contributed by atoms with E-state index in [-0.39, 0.29) is 22.8 Å². The first kappa shape index (κ1) is 20.4. The third kappa shape index (κ3) is 3.71. The maximum absolute atomic E-state index is 12.9. The molecule has 3 saturated heterocycles. The predicted molar refractivity (Wildman–Crippen MR) is 112 cm³/mol. The fourth-order valence-corrected chi connectivity index (χ4v) is 5.53. The molecule has 1 atom stereocenters. The lowest BCUT2D eigenvalue weighted by atomic mass is 9.60. The van der Waals surface area contributed by atoms with Gasteiger partial charge in [-0.2, -0.15) is 0 Å². The number of rotatable bonds is 4. The second-order valence-corrected chi connectivity index (χ2v) is 8.93. The average molecular weight is 421 g/mol. The summed E-state index contributed by atoms with van der Waals surface area (Å²) in [5, 5.41) is 6.66.